The van der Waals surface area contributed by atoms with Crippen LogP contribution in [-0.4, -0.2) is 66.0 Å². The molecule has 0 N–H and O–H groups in total. The summed E-state index contributed by atoms with van der Waals surface area (Å²) in [5, 5.41) is -0.775. The first-order valence-corrected chi connectivity index (χ1v) is 14.3. The Balaban J connectivity index is 2.60. The van der Waals surface area contributed by atoms with Gasteiger partial charge in [-0.2, -0.15) is 0 Å². The highest BCUT2D eigenvalue weighted by Crippen LogP contribution is 2.58. The van der Waals surface area contributed by atoms with Gasteiger partial charge in [-0.05, 0) is 63.5 Å². The molecule has 0 aliphatic heterocycles. The summed E-state index contributed by atoms with van der Waals surface area (Å²) in [6, 6.07) is 6.58. The minimum atomic E-state index is -3.63. The Morgan fingerprint density at radius 2 is 1.35 bits per heavy atom. The number of esters is 4. The number of carbonyl (C=O) groups excluding carboxylic acids is 4. The summed E-state index contributed by atoms with van der Waals surface area (Å²) in [4.78, 5) is 53.6. The van der Waals surface area contributed by atoms with Gasteiger partial charge in [0, 0.05) is 0 Å². The van der Waals surface area contributed by atoms with Crippen LogP contribution in [0.2, 0.25) is 0 Å². The molecule has 0 radical (unpaired) electrons. The van der Waals surface area contributed by atoms with E-state index in [2.05, 4.69) is 6.58 Å². The quantitative estimate of drug-likeness (QED) is 0.166. The van der Waals surface area contributed by atoms with Crippen molar-refractivity contribution in [3.05, 3.63) is 54.6 Å². The molecule has 1 aromatic carbocycles. The van der Waals surface area contributed by atoms with Crippen LogP contribution < -0.4 is 0 Å². The highest BCUT2D eigenvalue weighted by Gasteiger charge is 2.75. The minimum absolute atomic E-state index is 0.135. The molecule has 0 aromatic heterocycles. The number of hydrogen-bond acceptors (Lipinski definition) is 10. The Bertz CT molecular complexity index is 1210. The molecule has 40 heavy (non-hydrogen) atoms. The molecule has 0 amide bonds. The minimum Gasteiger partial charge on any atom is -0.468 e. The number of rotatable bonds is 11. The summed E-state index contributed by atoms with van der Waals surface area (Å²) in [6.07, 6.45) is 4.74. The monoisotopic (exact) mass is 578 g/mol. The molecule has 1 aromatic rings. The summed E-state index contributed by atoms with van der Waals surface area (Å²) < 4.78 is 46.0. The molecule has 1 aliphatic rings. The van der Waals surface area contributed by atoms with E-state index >= 15 is 0 Å². The van der Waals surface area contributed by atoms with E-state index in [1.54, 1.807) is 49.4 Å². The lowest BCUT2D eigenvalue weighted by Crippen LogP contribution is -2.66. The van der Waals surface area contributed by atoms with Crippen LogP contribution >= 0.6 is 0 Å². The van der Waals surface area contributed by atoms with E-state index in [9.17, 15) is 27.6 Å². The largest absolute Gasteiger partial charge is 0.468 e. The average Bonchev–Trinajstić information content (AvgIpc) is 2.95. The highest BCUT2D eigenvalue weighted by atomic mass is 32.2. The fraction of sp³-hybridized carbons (Fsp3) is 0.517. The number of allylic oxidation sites excluding steroid dienone is 3. The van der Waals surface area contributed by atoms with Gasteiger partial charge in [-0.15, -0.1) is 6.58 Å². The van der Waals surface area contributed by atoms with Gasteiger partial charge >= 0.3 is 23.9 Å². The summed E-state index contributed by atoms with van der Waals surface area (Å²) in [5.41, 5.74) is -3.88. The van der Waals surface area contributed by atoms with Gasteiger partial charge in [0.05, 0.1) is 38.6 Å². The van der Waals surface area contributed by atoms with E-state index in [0.29, 0.717) is 6.42 Å². The second-order valence-electron chi connectivity index (χ2n) is 9.97. The maximum Gasteiger partial charge on any atom is 0.325 e. The Morgan fingerprint density at radius 1 is 0.900 bits per heavy atom. The first kappa shape index (κ1) is 32.7. The third-order valence-corrected chi connectivity index (χ3v) is 9.96. The molecule has 2 rings (SSSR count). The summed E-state index contributed by atoms with van der Waals surface area (Å²) >= 11 is 0. The predicted octanol–water partition coefficient (Wildman–Crippen LogP) is 3.37. The van der Waals surface area contributed by atoms with Crippen molar-refractivity contribution < 1.29 is 46.5 Å². The van der Waals surface area contributed by atoms with Crippen molar-refractivity contribution in [2.45, 2.75) is 49.7 Å². The van der Waals surface area contributed by atoms with Crippen LogP contribution in [0.15, 0.2) is 54.0 Å². The van der Waals surface area contributed by atoms with Gasteiger partial charge < -0.3 is 18.9 Å². The van der Waals surface area contributed by atoms with Crippen LogP contribution in [0.5, 0.6) is 0 Å². The lowest BCUT2D eigenvalue weighted by atomic mass is 9.50. The smallest absolute Gasteiger partial charge is 0.325 e. The van der Waals surface area contributed by atoms with E-state index in [4.69, 9.17) is 18.9 Å². The van der Waals surface area contributed by atoms with Crippen LogP contribution in [0, 0.1) is 29.6 Å². The van der Waals surface area contributed by atoms with Gasteiger partial charge in [0.2, 0.25) is 0 Å². The number of methoxy groups -OCH3 is 4. The number of sulfone groups is 1. The second kappa shape index (κ2) is 13.3. The molecule has 1 aliphatic carbocycles. The molecule has 0 heterocycles. The van der Waals surface area contributed by atoms with Crippen molar-refractivity contribution in [3.8, 4) is 0 Å². The molecule has 0 bridgehead atoms. The highest BCUT2D eigenvalue weighted by molar-refractivity contribution is 7.92. The third-order valence-electron chi connectivity index (χ3n) is 7.78. The fourth-order valence-electron chi connectivity index (χ4n) is 5.54. The van der Waals surface area contributed by atoms with Crippen LogP contribution in [0.25, 0.3) is 0 Å². The molecule has 220 valence electrons. The molecular formula is C29H38O10S. The number of benzene rings is 1. The van der Waals surface area contributed by atoms with E-state index in [1.807, 2.05) is 6.92 Å². The van der Waals surface area contributed by atoms with E-state index < -0.39 is 61.6 Å². The summed E-state index contributed by atoms with van der Waals surface area (Å²) in [5.74, 6) is -5.62. The fourth-order valence-corrected chi connectivity index (χ4v) is 6.88. The molecule has 11 heteroatoms. The zero-order valence-electron chi connectivity index (χ0n) is 23.8. The van der Waals surface area contributed by atoms with Gasteiger partial charge in [0.15, 0.2) is 20.7 Å². The molecule has 10 nitrogen and oxygen atoms in total. The van der Waals surface area contributed by atoms with Crippen LogP contribution in [0.1, 0.15) is 38.2 Å². The van der Waals surface area contributed by atoms with Gasteiger partial charge in [0.1, 0.15) is 0 Å². The van der Waals surface area contributed by atoms with Crippen molar-refractivity contribution in [2.24, 2.45) is 22.7 Å². The third kappa shape index (κ3) is 5.70. The Kier molecular flexibility index (Phi) is 10.9. The summed E-state index contributed by atoms with van der Waals surface area (Å²) in [7, 11) is 0.516. The van der Waals surface area contributed by atoms with Crippen molar-refractivity contribution >= 4 is 33.7 Å². The number of ether oxygens (including phenoxy) is 4. The maximum absolute atomic E-state index is 13.4. The van der Waals surface area contributed by atoms with Crippen LogP contribution in [-0.2, 0) is 48.0 Å². The predicted molar refractivity (Wildman–Crippen MR) is 146 cm³/mol. The number of hydrogen-bond donors (Lipinski definition) is 0. The summed E-state index contributed by atoms with van der Waals surface area (Å²) in [6.45, 7) is 7.22. The van der Waals surface area contributed by atoms with Gasteiger partial charge in [-0.1, -0.05) is 35.9 Å². The zero-order chi connectivity index (χ0) is 30.3. The van der Waals surface area contributed by atoms with Crippen LogP contribution in [0.4, 0.5) is 0 Å². The van der Waals surface area contributed by atoms with E-state index in [1.165, 1.54) is 0 Å². The van der Waals surface area contributed by atoms with Crippen molar-refractivity contribution in [1.82, 2.24) is 0 Å². The first-order valence-electron chi connectivity index (χ1n) is 12.8. The lowest BCUT2D eigenvalue weighted by molar-refractivity contribution is -0.209. The maximum atomic E-state index is 13.4. The molecule has 0 spiro atoms. The molecule has 1 unspecified atom stereocenters. The molecule has 1 fully saturated rings. The average molecular weight is 579 g/mol. The lowest BCUT2D eigenvalue weighted by Gasteiger charge is -2.49. The van der Waals surface area contributed by atoms with E-state index in [-0.39, 0.29) is 24.2 Å². The van der Waals surface area contributed by atoms with Crippen molar-refractivity contribution in [1.29, 1.82) is 0 Å². The van der Waals surface area contributed by atoms with E-state index in [0.717, 1.165) is 34.0 Å². The Morgan fingerprint density at radius 3 is 1.77 bits per heavy atom. The zero-order valence-corrected chi connectivity index (χ0v) is 24.6. The topological polar surface area (TPSA) is 139 Å². The standard InChI is InChI=1S/C29H38O10S/c1-8-10-21-17-28(24(30)36-4,25(31)37-5)29(26(32)38-6,27(33)39-7)18-22(21)12-9-11-20(3)40(34,35)23-15-13-19(2)14-16-23/h8-9,12-16,20-22H,1,10-11,17-18H2,2-7H3/b12-9+/t20?,21-,22-/m1/s1. The Hall–Kier alpha value is -3.47. The molecule has 3 atom stereocenters. The molecular weight excluding hydrogens is 540 g/mol. The molecule has 1 saturated carbocycles. The van der Waals surface area contributed by atoms with Crippen LogP contribution in [0.3, 0.4) is 0 Å². The molecule has 0 saturated heterocycles. The van der Waals surface area contributed by atoms with Gasteiger partial charge in [-0.3, -0.25) is 19.2 Å². The SMILES string of the molecule is C=CC[C@@H]1CC(C(=O)OC)(C(=O)OC)C(C(=O)OC)(C(=O)OC)C[C@H]1/C=C/CC(C)S(=O)(=O)c1ccc(C)cc1. The van der Waals surface area contributed by atoms with Crippen molar-refractivity contribution in [3.63, 3.8) is 0 Å². The van der Waals surface area contributed by atoms with Crippen molar-refractivity contribution in [2.75, 3.05) is 28.4 Å². The van der Waals surface area contributed by atoms with Gasteiger partial charge in [-0.25, -0.2) is 8.42 Å². The normalized spacial score (nSPS) is 20.6. The Labute approximate surface area is 235 Å². The number of carbonyl (C=O) groups is 4. The first-order chi connectivity index (χ1) is 18.8. The second-order valence-corrected chi connectivity index (χ2v) is 12.3. The number of aryl methyl sites for hydroxylation is 1. The van der Waals surface area contributed by atoms with Gasteiger partial charge in [0.25, 0.3) is 0 Å².